The quantitative estimate of drug-likeness (QED) is 0.541. The van der Waals surface area contributed by atoms with Crippen LogP contribution < -0.4 is 10.2 Å². The third-order valence-electron chi connectivity index (χ3n) is 5.36. The van der Waals surface area contributed by atoms with Gasteiger partial charge in [-0.1, -0.05) is 49.9 Å². The molecule has 0 saturated carbocycles. The summed E-state index contributed by atoms with van der Waals surface area (Å²) in [6.45, 7) is 9.23. The minimum Gasteiger partial charge on any atom is -0.378 e. The molecule has 32 heavy (non-hydrogen) atoms. The van der Waals surface area contributed by atoms with E-state index in [9.17, 15) is 4.79 Å². The summed E-state index contributed by atoms with van der Waals surface area (Å²) in [5.74, 6) is 1.42. The Bertz CT molecular complexity index is 1060. The standard InChI is InChI=1S/C24H29N5O2S/c1-17(2)19-7-9-20(10-8-19)25-22(30)16-32-24-27-26-23(28-11-13-31-14-12-28)29(24)21-6-4-5-18(3)15-21/h4-10,15,17H,11-14,16H2,1-3H3,(H,25,30). The van der Waals surface area contributed by atoms with Gasteiger partial charge in [0.2, 0.25) is 11.9 Å². The molecule has 1 aromatic heterocycles. The lowest BCUT2D eigenvalue weighted by Gasteiger charge is -2.28. The first-order valence-corrected chi connectivity index (χ1v) is 11.9. The number of benzene rings is 2. The molecular weight excluding hydrogens is 422 g/mol. The summed E-state index contributed by atoms with van der Waals surface area (Å²) in [6, 6.07) is 16.2. The first kappa shape index (κ1) is 22.4. The zero-order valence-electron chi connectivity index (χ0n) is 18.7. The topological polar surface area (TPSA) is 72.3 Å². The highest BCUT2D eigenvalue weighted by atomic mass is 32.2. The highest BCUT2D eigenvalue weighted by Crippen LogP contribution is 2.28. The molecule has 1 saturated heterocycles. The number of nitrogens with zero attached hydrogens (tertiary/aromatic N) is 4. The second-order valence-electron chi connectivity index (χ2n) is 8.17. The predicted octanol–water partition coefficient (Wildman–Crippen LogP) is 4.27. The molecule has 1 N–H and O–H groups in total. The third kappa shape index (κ3) is 5.31. The number of amides is 1. The van der Waals surface area contributed by atoms with Crippen molar-refractivity contribution in [1.29, 1.82) is 0 Å². The maximum atomic E-state index is 12.6. The van der Waals surface area contributed by atoms with E-state index in [-0.39, 0.29) is 11.7 Å². The van der Waals surface area contributed by atoms with Crippen molar-refractivity contribution in [2.45, 2.75) is 31.8 Å². The van der Waals surface area contributed by atoms with E-state index in [1.807, 2.05) is 28.8 Å². The van der Waals surface area contributed by atoms with Crippen molar-refractivity contribution >= 4 is 29.3 Å². The molecule has 0 bridgehead atoms. The number of hydrogen-bond donors (Lipinski definition) is 1. The van der Waals surface area contributed by atoms with Crippen LogP contribution in [-0.2, 0) is 9.53 Å². The van der Waals surface area contributed by atoms with Crippen molar-refractivity contribution in [2.24, 2.45) is 0 Å². The Morgan fingerprint density at radius 2 is 1.88 bits per heavy atom. The number of morpholine rings is 1. The molecule has 168 valence electrons. The van der Waals surface area contributed by atoms with Crippen LogP contribution in [0.4, 0.5) is 11.6 Å². The number of rotatable bonds is 7. The van der Waals surface area contributed by atoms with Crippen molar-refractivity contribution in [3.8, 4) is 5.69 Å². The number of thioether (sulfide) groups is 1. The minimum atomic E-state index is -0.0704. The van der Waals surface area contributed by atoms with Crippen LogP contribution in [-0.4, -0.2) is 52.7 Å². The molecule has 0 spiro atoms. The van der Waals surface area contributed by atoms with Crippen molar-refractivity contribution in [1.82, 2.24) is 14.8 Å². The van der Waals surface area contributed by atoms with E-state index < -0.39 is 0 Å². The van der Waals surface area contributed by atoms with E-state index in [0.29, 0.717) is 24.3 Å². The van der Waals surface area contributed by atoms with Gasteiger partial charge in [-0.15, -0.1) is 10.2 Å². The van der Waals surface area contributed by atoms with E-state index in [1.165, 1.54) is 17.3 Å². The Hall–Kier alpha value is -2.84. The summed E-state index contributed by atoms with van der Waals surface area (Å²) < 4.78 is 7.53. The van der Waals surface area contributed by atoms with Gasteiger partial charge < -0.3 is 15.0 Å². The number of ether oxygens (including phenoxy) is 1. The summed E-state index contributed by atoms with van der Waals surface area (Å²) >= 11 is 1.39. The van der Waals surface area contributed by atoms with Crippen LogP contribution in [0.25, 0.3) is 5.69 Å². The Morgan fingerprint density at radius 3 is 2.56 bits per heavy atom. The molecule has 1 fully saturated rings. The van der Waals surface area contributed by atoms with E-state index in [2.05, 4.69) is 65.5 Å². The van der Waals surface area contributed by atoms with Gasteiger partial charge in [0.1, 0.15) is 0 Å². The zero-order chi connectivity index (χ0) is 22.5. The number of aromatic nitrogens is 3. The minimum absolute atomic E-state index is 0.0704. The van der Waals surface area contributed by atoms with Gasteiger partial charge in [-0.05, 0) is 48.2 Å². The SMILES string of the molecule is Cc1cccc(-n2c(SCC(=O)Nc3ccc(C(C)C)cc3)nnc2N2CCOCC2)c1. The lowest BCUT2D eigenvalue weighted by molar-refractivity contribution is -0.113. The average Bonchev–Trinajstić information content (AvgIpc) is 3.23. The molecule has 4 rings (SSSR count). The van der Waals surface area contributed by atoms with Crippen LogP contribution in [0.3, 0.4) is 0 Å². The largest absolute Gasteiger partial charge is 0.378 e. The third-order valence-corrected chi connectivity index (χ3v) is 6.29. The van der Waals surface area contributed by atoms with Gasteiger partial charge in [-0.3, -0.25) is 9.36 Å². The smallest absolute Gasteiger partial charge is 0.234 e. The van der Waals surface area contributed by atoms with Crippen LogP contribution in [0, 0.1) is 6.92 Å². The summed E-state index contributed by atoms with van der Waals surface area (Å²) in [6.07, 6.45) is 0. The molecule has 2 aromatic carbocycles. The molecule has 7 nitrogen and oxygen atoms in total. The Labute approximate surface area is 193 Å². The van der Waals surface area contributed by atoms with Gasteiger partial charge in [0.15, 0.2) is 5.16 Å². The molecule has 2 heterocycles. The van der Waals surface area contributed by atoms with Crippen LogP contribution in [0.2, 0.25) is 0 Å². The fraction of sp³-hybridized carbons (Fsp3) is 0.375. The fourth-order valence-electron chi connectivity index (χ4n) is 3.60. The second-order valence-corrected chi connectivity index (χ2v) is 9.11. The van der Waals surface area contributed by atoms with Gasteiger partial charge in [-0.2, -0.15) is 0 Å². The molecule has 3 aromatic rings. The van der Waals surface area contributed by atoms with E-state index in [0.717, 1.165) is 36.0 Å². The summed E-state index contributed by atoms with van der Waals surface area (Å²) in [5, 5.41) is 12.6. The molecule has 8 heteroatoms. The lowest BCUT2D eigenvalue weighted by Crippen LogP contribution is -2.37. The van der Waals surface area contributed by atoms with Gasteiger partial charge in [0.25, 0.3) is 0 Å². The van der Waals surface area contributed by atoms with Crippen molar-refractivity contribution in [2.75, 3.05) is 42.3 Å². The summed E-state index contributed by atoms with van der Waals surface area (Å²) in [4.78, 5) is 14.8. The van der Waals surface area contributed by atoms with E-state index >= 15 is 0 Å². The van der Waals surface area contributed by atoms with Gasteiger partial charge in [0.05, 0.1) is 24.7 Å². The predicted molar refractivity (Wildman–Crippen MR) is 129 cm³/mol. The molecule has 1 amide bonds. The Morgan fingerprint density at radius 1 is 1.12 bits per heavy atom. The number of aryl methyl sites for hydroxylation is 1. The van der Waals surface area contributed by atoms with Crippen LogP contribution in [0.5, 0.6) is 0 Å². The second kappa shape index (κ2) is 10.2. The monoisotopic (exact) mass is 451 g/mol. The average molecular weight is 452 g/mol. The molecule has 1 aliphatic heterocycles. The normalized spacial score (nSPS) is 14.1. The molecule has 1 aliphatic rings. The van der Waals surface area contributed by atoms with Crippen molar-refractivity contribution < 1.29 is 9.53 Å². The maximum absolute atomic E-state index is 12.6. The Balaban J connectivity index is 1.50. The highest BCUT2D eigenvalue weighted by Gasteiger charge is 2.22. The molecule has 0 unspecified atom stereocenters. The summed E-state index contributed by atoms with van der Waals surface area (Å²) in [5.41, 5.74) is 4.19. The maximum Gasteiger partial charge on any atom is 0.234 e. The van der Waals surface area contributed by atoms with Crippen molar-refractivity contribution in [3.63, 3.8) is 0 Å². The van der Waals surface area contributed by atoms with E-state index in [1.54, 1.807) is 0 Å². The molecule has 0 atom stereocenters. The van der Waals surface area contributed by atoms with Gasteiger partial charge >= 0.3 is 0 Å². The number of hydrogen-bond acceptors (Lipinski definition) is 6. The molecule has 0 radical (unpaired) electrons. The van der Waals surface area contributed by atoms with E-state index in [4.69, 9.17) is 4.74 Å². The first-order valence-electron chi connectivity index (χ1n) is 10.9. The Kier molecular flexibility index (Phi) is 7.12. The molecular formula is C24H29N5O2S. The van der Waals surface area contributed by atoms with Gasteiger partial charge in [-0.25, -0.2) is 0 Å². The van der Waals surface area contributed by atoms with Crippen LogP contribution >= 0.6 is 11.8 Å². The highest BCUT2D eigenvalue weighted by molar-refractivity contribution is 7.99. The zero-order valence-corrected chi connectivity index (χ0v) is 19.6. The number of nitrogens with one attached hydrogen (secondary N) is 1. The lowest BCUT2D eigenvalue weighted by atomic mass is 10.0. The number of anilines is 2. The van der Waals surface area contributed by atoms with Gasteiger partial charge in [0, 0.05) is 18.8 Å². The van der Waals surface area contributed by atoms with Crippen molar-refractivity contribution in [3.05, 3.63) is 59.7 Å². The molecule has 0 aliphatic carbocycles. The summed E-state index contributed by atoms with van der Waals surface area (Å²) in [7, 11) is 0. The fourth-order valence-corrected chi connectivity index (χ4v) is 4.34. The van der Waals surface area contributed by atoms with Crippen LogP contribution in [0.1, 0.15) is 30.9 Å². The first-order chi connectivity index (χ1) is 15.5. The number of carbonyl (C=O) groups excluding carboxylic acids is 1. The number of carbonyl (C=O) groups is 1. The van der Waals surface area contributed by atoms with Crippen LogP contribution in [0.15, 0.2) is 53.7 Å².